The normalized spacial score (nSPS) is 23.1. The number of amides is 1. The molecule has 1 fully saturated rings. The van der Waals surface area contributed by atoms with Gasteiger partial charge in [-0.05, 0) is 61.5 Å². The highest BCUT2D eigenvalue weighted by atomic mass is 32.1. The van der Waals surface area contributed by atoms with Crippen LogP contribution in [0.5, 0.6) is 0 Å². The van der Waals surface area contributed by atoms with Crippen molar-refractivity contribution in [1.29, 1.82) is 5.26 Å². The summed E-state index contributed by atoms with van der Waals surface area (Å²) in [5, 5.41) is 12.2. The average Bonchev–Trinajstić information content (AvgIpc) is 2.84. The molecule has 0 aromatic carbocycles. The van der Waals surface area contributed by atoms with Gasteiger partial charge in [0.1, 0.15) is 5.54 Å². The number of aryl methyl sites for hydroxylation is 1. The molecule has 4 heteroatoms. The number of nitriles is 1. The van der Waals surface area contributed by atoms with Gasteiger partial charge in [0.15, 0.2) is 0 Å². The van der Waals surface area contributed by atoms with E-state index in [-0.39, 0.29) is 5.91 Å². The van der Waals surface area contributed by atoms with Crippen LogP contribution in [0, 0.1) is 22.7 Å². The van der Waals surface area contributed by atoms with Gasteiger partial charge < -0.3 is 5.32 Å². The molecular formula is C18H24N2OS. The van der Waals surface area contributed by atoms with Gasteiger partial charge in [-0.3, -0.25) is 4.79 Å². The summed E-state index contributed by atoms with van der Waals surface area (Å²) in [5.74, 6) is 0.621. The highest BCUT2D eigenvalue weighted by molar-refractivity contribution is 7.14. The van der Waals surface area contributed by atoms with Crippen LogP contribution in [0.3, 0.4) is 0 Å². The Morgan fingerprint density at radius 1 is 1.45 bits per heavy atom. The zero-order valence-electron chi connectivity index (χ0n) is 13.7. The molecule has 118 valence electrons. The zero-order chi connectivity index (χ0) is 16.0. The maximum absolute atomic E-state index is 12.5. The third-order valence-electron chi connectivity index (χ3n) is 5.31. The lowest BCUT2D eigenvalue weighted by Gasteiger charge is -2.35. The van der Waals surface area contributed by atoms with E-state index >= 15 is 0 Å². The van der Waals surface area contributed by atoms with Crippen molar-refractivity contribution in [3.63, 3.8) is 0 Å². The van der Waals surface area contributed by atoms with Crippen LogP contribution in [0.1, 0.15) is 66.6 Å². The van der Waals surface area contributed by atoms with Crippen molar-refractivity contribution in [3.8, 4) is 6.07 Å². The minimum Gasteiger partial charge on any atom is -0.333 e. The van der Waals surface area contributed by atoms with Gasteiger partial charge in [-0.25, -0.2) is 0 Å². The monoisotopic (exact) mass is 316 g/mol. The number of thiophene rings is 1. The van der Waals surface area contributed by atoms with Gasteiger partial charge in [0.25, 0.3) is 5.91 Å². The molecule has 1 unspecified atom stereocenters. The van der Waals surface area contributed by atoms with Crippen LogP contribution in [-0.2, 0) is 12.8 Å². The topological polar surface area (TPSA) is 52.9 Å². The van der Waals surface area contributed by atoms with Gasteiger partial charge >= 0.3 is 0 Å². The predicted octanol–water partition coefficient (Wildman–Crippen LogP) is 4.08. The standard InChI is InChI=1S/C18H24N2OS/c1-17(2,3)13-5-6-14-12(9-13)10-15(22-14)16(21)20-18(11-19)7-4-8-18/h10,13H,4-9H2,1-3H3,(H,20,21). The van der Waals surface area contributed by atoms with Crippen LogP contribution in [0.25, 0.3) is 0 Å². The van der Waals surface area contributed by atoms with Crippen molar-refractivity contribution in [1.82, 2.24) is 5.32 Å². The molecule has 0 radical (unpaired) electrons. The first kappa shape index (κ1) is 15.6. The van der Waals surface area contributed by atoms with E-state index in [0.29, 0.717) is 11.3 Å². The molecule has 1 amide bonds. The lowest BCUT2D eigenvalue weighted by molar-refractivity contribution is 0.0885. The second kappa shape index (κ2) is 5.38. The van der Waals surface area contributed by atoms with Crippen molar-refractivity contribution in [2.75, 3.05) is 0 Å². The smallest absolute Gasteiger partial charge is 0.262 e. The van der Waals surface area contributed by atoms with Crippen LogP contribution in [0.2, 0.25) is 0 Å². The highest BCUT2D eigenvalue weighted by Crippen LogP contribution is 2.40. The minimum absolute atomic E-state index is 0.0621. The molecule has 3 nitrogen and oxygen atoms in total. The summed E-state index contributed by atoms with van der Waals surface area (Å²) in [7, 11) is 0. The van der Waals surface area contributed by atoms with Crippen molar-refractivity contribution < 1.29 is 4.79 Å². The zero-order valence-corrected chi connectivity index (χ0v) is 14.5. The molecule has 1 N–H and O–H groups in total. The maximum atomic E-state index is 12.5. The van der Waals surface area contributed by atoms with Gasteiger partial charge in [-0.15, -0.1) is 11.3 Å². The SMILES string of the molecule is CC(C)(C)C1CCc2sc(C(=O)NC3(C#N)CCC3)cc2C1. The Hall–Kier alpha value is -1.34. The molecule has 22 heavy (non-hydrogen) atoms. The maximum Gasteiger partial charge on any atom is 0.262 e. The molecule has 3 rings (SSSR count). The summed E-state index contributed by atoms with van der Waals surface area (Å²) in [6.45, 7) is 6.90. The fourth-order valence-electron chi connectivity index (χ4n) is 3.45. The Kier molecular flexibility index (Phi) is 3.81. The number of carbonyl (C=O) groups is 1. The minimum atomic E-state index is -0.602. The number of hydrogen-bond acceptors (Lipinski definition) is 3. The fraction of sp³-hybridized carbons (Fsp3) is 0.667. The number of nitrogens with one attached hydrogen (secondary N) is 1. The Balaban J connectivity index is 1.74. The Morgan fingerprint density at radius 3 is 2.73 bits per heavy atom. The number of nitrogens with zero attached hydrogens (tertiary/aromatic N) is 1. The van der Waals surface area contributed by atoms with Crippen LogP contribution in [0.4, 0.5) is 0 Å². The van der Waals surface area contributed by atoms with Gasteiger partial charge in [0.05, 0.1) is 10.9 Å². The van der Waals surface area contributed by atoms with Crippen LogP contribution in [-0.4, -0.2) is 11.4 Å². The first-order chi connectivity index (χ1) is 10.3. The summed E-state index contributed by atoms with van der Waals surface area (Å²) in [4.78, 5) is 14.6. The quantitative estimate of drug-likeness (QED) is 0.894. The molecule has 1 aromatic heterocycles. The molecule has 0 aliphatic heterocycles. The van der Waals surface area contributed by atoms with E-state index in [1.165, 1.54) is 16.9 Å². The summed E-state index contributed by atoms with van der Waals surface area (Å²) in [6, 6.07) is 4.34. The molecular weight excluding hydrogens is 292 g/mol. The summed E-state index contributed by atoms with van der Waals surface area (Å²) < 4.78 is 0. The molecule has 1 saturated carbocycles. The third-order valence-corrected chi connectivity index (χ3v) is 6.54. The van der Waals surface area contributed by atoms with E-state index in [0.717, 1.165) is 37.0 Å². The van der Waals surface area contributed by atoms with Crippen molar-refractivity contribution >= 4 is 17.2 Å². The Labute approximate surface area is 136 Å². The number of rotatable bonds is 2. The van der Waals surface area contributed by atoms with Crippen molar-refractivity contribution in [2.45, 2.75) is 64.8 Å². The fourth-order valence-corrected chi connectivity index (χ4v) is 4.55. The van der Waals surface area contributed by atoms with Crippen LogP contribution >= 0.6 is 11.3 Å². The van der Waals surface area contributed by atoms with E-state index in [1.54, 1.807) is 11.3 Å². The lowest BCUT2D eigenvalue weighted by atomic mass is 9.72. The molecule has 2 aliphatic carbocycles. The van der Waals surface area contributed by atoms with Crippen LogP contribution < -0.4 is 5.32 Å². The molecule has 0 bridgehead atoms. The first-order valence-corrected chi connectivity index (χ1v) is 9.00. The third kappa shape index (κ3) is 2.79. The van der Waals surface area contributed by atoms with Crippen molar-refractivity contribution in [3.05, 3.63) is 21.4 Å². The lowest BCUT2D eigenvalue weighted by Crippen LogP contribution is -2.52. The molecule has 0 saturated heterocycles. The average molecular weight is 316 g/mol. The second-order valence-corrected chi connectivity index (χ2v) is 9.00. The van der Waals surface area contributed by atoms with E-state index in [9.17, 15) is 10.1 Å². The largest absolute Gasteiger partial charge is 0.333 e. The van der Waals surface area contributed by atoms with Gasteiger partial charge in [0, 0.05) is 4.88 Å². The molecule has 2 aliphatic rings. The van der Waals surface area contributed by atoms with Gasteiger partial charge in [-0.1, -0.05) is 20.8 Å². The summed E-state index contributed by atoms with van der Waals surface area (Å²) in [5.41, 5.74) is 1.06. The number of carbonyl (C=O) groups excluding carboxylic acids is 1. The van der Waals surface area contributed by atoms with Gasteiger partial charge in [-0.2, -0.15) is 5.26 Å². The molecule has 0 spiro atoms. The Morgan fingerprint density at radius 2 is 2.18 bits per heavy atom. The summed E-state index contributed by atoms with van der Waals surface area (Å²) in [6.07, 6.45) is 5.96. The van der Waals surface area contributed by atoms with E-state index in [2.05, 4.69) is 38.2 Å². The second-order valence-electron chi connectivity index (χ2n) is 7.87. The van der Waals surface area contributed by atoms with E-state index < -0.39 is 5.54 Å². The number of fused-ring (bicyclic) bond motifs is 1. The number of hydrogen-bond donors (Lipinski definition) is 1. The van der Waals surface area contributed by atoms with E-state index in [4.69, 9.17) is 0 Å². The van der Waals surface area contributed by atoms with Gasteiger partial charge in [0.2, 0.25) is 0 Å². The highest BCUT2D eigenvalue weighted by Gasteiger charge is 2.39. The molecule has 1 heterocycles. The summed E-state index contributed by atoms with van der Waals surface area (Å²) >= 11 is 1.62. The molecule has 1 atom stereocenters. The Bertz CT molecular complexity index is 628. The van der Waals surface area contributed by atoms with E-state index in [1.807, 2.05) is 0 Å². The predicted molar refractivity (Wildman–Crippen MR) is 89.0 cm³/mol. The first-order valence-electron chi connectivity index (χ1n) is 8.18. The van der Waals surface area contributed by atoms with Crippen molar-refractivity contribution in [2.24, 2.45) is 11.3 Å². The molecule has 1 aromatic rings. The van der Waals surface area contributed by atoms with Crippen LogP contribution in [0.15, 0.2) is 6.07 Å².